The van der Waals surface area contributed by atoms with E-state index < -0.39 is 5.97 Å². The van der Waals surface area contributed by atoms with E-state index in [1.54, 1.807) is 28.7 Å². The van der Waals surface area contributed by atoms with Gasteiger partial charge < -0.3 is 10.2 Å². The van der Waals surface area contributed by atoms with E-state index in [9.17, 15) is 9.90 Å². The monoisotopic (exact) mass is 331 g/mol. The van der Waals surface area contributed by atoms with Crippen molar-refractivity contribution in [3.63, 3.8) is 0 Å². The molecule has 0 fully saturated rings. The minimum absolute atomic E-state index is 0.0885. The molecule has 0 aliphatic carbocycles. The molecule has 0 radical (unpaired) electrons. The molecule has 0 amide bonds. The third kappa shape index (κ3) is 2.63. The second-order valence-corrected chi connectivity index (χ2v) is 7.00. The van der Waals surface area contributed by atoms with Crippen molar-refractivity contribution >= 4 is 28.6 Å². The van der Waals surface area contributed by atoms with E-state index in [4.69, 9.17) is 5.11 Å². The van der Waals surface area contributed by atoms with Gasteiger partial charge in [0.2, 0.25) is 0 Å². The number of aromatic hydroxyl groups is 1. The first-order chi connectivity index (χ1) is 10.5. The van der Waals surface area contributed by atoms with E-state index in [1.807, 2.05) is 19.9 Å². The average molecular weight is 331 g/mol. The maximum Gasteiger partial charge on any atom is 0.339 e. The topological polar surface area (TPSA) is 70.4 Å². The first-order valence-corrected chi connectivity index (χ1v) is 8.25. The molecule has 3 rings (SSSR count). The molecule has 0 atom stereocenters. The molecule has 2 N–H and O–H groups in total. The highest BCUT2D eigenvalue weighted by atomic mass is 32.1. The molecule has 1 aromatic carbocycles. The molecule has 2 aromatic heterocycles. The summed E-state index contributed by atoms with van der Waals surface area (Å²) in [6.45, 7) is 3.97. The van der Waals surface area contributed by atoms with Crippen molar-refractivity contribution in [3.05, 3.63) is 45.9 Å². The summed E-state index contributed by atoms with van der Waals surface area (Å²) in [7, 11) is 0. The van der Waals surface area contributed by atoms with Crippen LogP contribution in [-0.2, 0) is 0 Å². The van der Waals surface area contributed by atoms with Gasteiger partial charge in [-0.15, -0.1) is 22.7 Å². The van der Waals surface area contributed by atoms with Gasteiger partial charge in [0.05, 0.1) is 15.6 Å². The normalized spacial score (nSPS) is 10.8. The van der Waals surface area contributed by atoms with Crippen LogP contribution in [0.15, 0.2) is 29.6 Å². The third-order valence-corrected chi connectivity index (χ3v) is 5.38. The van der Waals surface area contributed by atoms with Gasteiger partial charge in [-0.25, -0.2) is 9.78 Å². The van der Waals surface area contributed by atoms with Crippen molar-refractivity contribution in [2.45, 2.75) is 13.8 Å². The summed E-state index contributed by atoms with van der Waals surface area (Å²) < 4.78 is 0. The van der Waals surface area contributed by atoms with Gasteiger partial charge in [-0.05, 0) is 37.6 Å². The van der Waals surface area contributed by atoms with Crippen LogP contribution in [0.3, 0.4) is 0 Å². The summed E-state index contributed by atoms with van der Waals surface area (Å²) >= 11 is 3.21. The standard InChI is InChI=1S/C16H13NO3S2/c1-8-15(22-9(2)17-8)11-6-14(21-7-11)10-3-4-12(16(19)20)13(18)5-10/h3-7,18H,1-2H3,(H,19,20). The summed E-state index contributed by atoms with van der Waals surface area (Å²) in [5.74, 6) is -1.35. The molecular formula is C16H13NO3S2. The number of hydrogen-bond acceptors (Lipinski definition) is 5. The summed E-state index contributed by atoms with van der Waals surface area (Å²) in [5, 5.41) is 21.8. The largest absolute Gasteiger partial charge is 0.507 e. The molecule has 0 saturated heterocycles. The number of phenols is 1. The van der Waals surface area contributed by atoms with Gasteiger partial charge >= 0.3 is 5.97 Å². The van der Waals surface area contributed by atoms with Crippen LogP contribution in [0.5, 0.6) is 5.75 Å². The highest BCUT2D eigenvalue weighted by molar-refractivity contribution is 7.17. The van der Waals surface area contributed by atoms with Crippen LogP contribution in [0.25, 0.3) is 20.9 Å². The first kappa shape index (κ1) is 14.7. The number of benzene rings is 1. The summed E-state index contributed by atoms with van der Waals surface area (Å²) in [6.07, 6.45) is 0. The van der Waals surface area contributed by atoms with Crippen LogP contribution < -0.4 is 0 Å². The lowest BCUT2D eigenvalue weighted by Crippen LogP contribution is -1.96. The number of hydrogen-bond donors (Lipinski definition) is 2. The van der Waals surface area contributed by atoms with E-state index >= 15 is 0 Å². The molecule has 0 aliphatic heterocycles. The lowest BCUT2D eigenvalue weighted by molar-refractivity contribution is 0.0694. The van der Waals surface area contributed by atoms with Crippen molar-refractivity contribution in [3.8, 4) is 26.6 Å². The van der Waals surface area contributed by atoms with Crippen LogP contribution in [0, 0.1) is 13.8 Å². The Kier molecular flexibility index (Phi) is 3.72. The summed E-state index contributed by atoms with van der Waals surface area (Å²) in [4.78, 5) is 17.5. The zero-order valence-electron chi connectivity index (χ0n) is 12.0. The molecule has 6 heteroatoms. The van der Waals surface area contributed by atoms with Gasteiger partial charge in [0.25, 0.3) is 0 Å². The Balaban J connectivity index is 1.99. The fourth-order valence-electron chi connectivity index (χ4n) is 2.27. The Morgan fingerprint density at radius 3 is 2.55 bits per heavy atom. The predicted molar refractivity (Wildman–Crippen MR) is 89.0 cm³/mol. The quantitative estimate of drug-likeness (QED) is 0.738. The second kappa shape index (κ2) is 5.55. The lowest BCUT2D eigenvalue weighted by Gasteiger charge is -2.02. The van der Waals surface area contributed by atoms with Gasteiger partial charge in [-0.3, -0.25) is 0 Å². The third-order valence-electron chi connectivity index (χ3n) is 3.28. The number of aromatic carboxylic acids is 1. The van der Waals surface area contributed by atoms with E-state index in [1.165, 1.54) is 12.1 Å². The Morgan fingerprint density at radius 1 is 1.18 bits per heavy atom. The molecule has 0 unspecified atom stereocenters. The van der Waals surface area contributed by atoms with Crippen molar-refractivity contribution < 1.29 is 15.0 Å². The molecule has 3 aromatic rings. The van der Waals surface area contributed by atoms with Gasteiger partial charge in [0.15, 0.2) is 0 Å². The van der Waals surface area contributed by atoms with Crippen LogP contribution in [0.1, 0.15) is 21.1 Å². The van der Waals surface area contributed by atoms with E-state index in [0.29, 0.717) is 0 Å². The maximum atomic E-state index is 10.9. The molecular weight excluding hydrogens is 318 g/mol. The molecule has 112 valence electrons. The minimum atomic E-state index is -1.13. The number of carbonyl (C=O) groups is 1. The molecule has 4 nitrogen and oxygen atoms in total. The Morgan fingerprint density at radius 2 is 1.95 bits per heavy atom. The summed E-state index contributed by atoms with van der Waals surface area (Å²) in [6, 6.07) is 6.67. The molecule has 2 heterocycles. The maximum absolute atomic E-state index is 10.9. The SMILES string of the molecule is Cc1nc(C)c(-c2csc(-c3ccc(C(=O)O)c(O)c3)c2)s1. The number of nitrogens with zero attached hydrogens (tertiary/aromatic N) is 1. The van der Waals surface area contributed by atoms with Crippen LogP contribution in [-0.4, -0.2) is 21.2 Å². The fraction of sp³-hybridized carbons (Fsp3) is 0.125. The molecule has 0 bridgehead atoms. The van der Waals surface area contributed by atoms with Crippen LogP contribution in [0.2, 0.25) is 0 Å². The average Bonchev–Trinajstić information content (AvgIpc) is 3.04. The number of aromatic nitrogens is 1. The smallest absolute Gasteiger partial charge is 0.339 e. The van der Waals surface area contributed by atoms with E-state index in [0.717, 1.165) is 31.6 Å². The van der Waals surface area contributed by atoms with E-state index in [-0.39, 0.29) is 11.3 Å². The Hall–Kier alpha value is -2.18. The van der Waals surface area contributed by atoms with Gasteiger partial charge in [0.1, 0.15) is 11.3 Å². The van der Waals surface area contributed by atoms with Crippen molar-refractivity contribution in [2.75, 3.05) is 0 Å². The number of rotatable bonds is 3. The number of carboxylic acid groups (broad SMARTS) is 1. The predicted octanol–water partition coefficient (Wildman–Crippen LogP) is 4.56. The van der Waals surface area contributed by atoms with Crippen molar-refractivity contribution in [1.29, 1.82) is 0 Å². The fourth-order valence-corrected chi connectivity index (χ4v) is 4.15. The molecule has 0 saturated carbocycles. The van der Waals surface area contributed by atoms with Crippen molar-refractivity contribution in [2.24, 2.45) is 0 Å². The van der Waals surface area contributed by atoms with Crippen LogP contribution in [0.4, 0.5) is 0 Å². The molecule has 22 heavy (non-hydrogen) atoms. The van der Waals surface area contributed by atoms with Gasteiger partial charge in [0, 0.05) is 15.8 Å². The number of thiophene rings is 1. The van der Waals surface area contributed by atoms with Crippen LogP contribution >= 0.6 is 22.7 Å². The number of thiazole rings is 1. The highest BCUT2D eigenvalue weighted by Gasteiger charge is 2.13. The zero-order chi connectivity index (χ0) is 15.9. The Labute approximate surface area is 135 Å². The zero-order valence-corrected chi connectivity index (χ0v) is 13.6. The van der Waals surface area contributed by atoms with Gasteiger partial charge in [-0.1, -0.05) is 6.07 Å². The Bertz CT molecular complexity index is 864. The number of aryl methyl sites for hydroxylation is 2. The highest BCUT2D eigenvalue weighted by Crippen LogP contribution is 2.37. The molecule has 0 aliphatic rings. The van der Waals surface area contributed by atoms with Gasteiger partial charge in [-0.2, -0.15) is 0 Å². The summed E-state index contributed by atoms with van der Waals surface area (Å²) in [5.41, 5.74) is 2.83. The van der Waals surface area contributed by atoms with Crippen molar-refractivity contribution in [1.82, 2.24) is 4.98 Å². The lowest BCUT2D eigenvalue weighted by atomic mass is 10.1. The number of carboxylic acids is 1. The molecule has 0 spiro atoms. The second-order valence-electron chi connectivity index (χ2n) is 4.88. The van der Waals surface area contributed by atoms with E-state index in [2.05, 4.69) is 10.4 Å². The first-order valence-electron chi connectivity index (χ1n) is 6.55. The minimum Gasteiger partial charge on any atom is -0.507 e.